The van der Waals surface area contributed by atoms with Gasteiger partial charge in [-0.1, -0.05) is 24.6 Å². The van der Waals surface area contributed by atoms with Gasteiger partial charge in [-0.3, -0.25) is 9.47 Å². The van der Waals surface area contributed by atoms with E-state index in [0.717, 1.165) is 43.5 Å². The number of hydrogen-bond donors (Lipinski definition) is 0. The Morgan fingerprint density at radius 3 is 2.68 bits per heavy atom. The Morgan fingerprint density at radius 2 is 1.92 bits per heavy atom. The quantitative estimate of drug-likeness (QED) is 0.807. The molecule has 0 radical (unpaired) electrons. The number of nitrogens with zero attached hydrogens (tertiary/aromatic N) is 3. The molecule has 0 atom stereocenters. The Kier molecular flexibility index (Phi) is 6.10. The van der Waals surface area contributed by atoms with E-state index in [1.54, 1.807) is 4.57 Å². The third kappa shape index (κ3) is 4.61. The monoisotopic (exact) mass is 343 g/mol. The van der Waals surface area contributed by atoms with Crippen molar-refractivity contribution in [1.82, 2.24) is 14.4 Å². The number of para-hydroxylation sites is 1. The van der Waals surface area contributed by atoms with Crippen molar-refractivity contribution in [2.45, 2.75) is 25.7 Å². The topological polar surface area (TPSA) is 37.7 Å². The van der Waals surface area contributed by atoms with Gasteiger partial charge in [-0.25, -0.2) is 4.79 Å². The van der Waals surface area contributed by atoms with Crippen LogP contribution in [0.3, 0.4) is 0 Å². The van der Waals surface area contributed by atoms with Crippen LogP contribution in [0.5, 0.6) is 0 Å². The van der Waals surface area contributed by atoms with E-state index in [-0.39, 0.29) is 6.09 Å². The fourth-order valence-corrected chi connectivity index (χ4v) is 3.46. The van der Waals surface area contributed by atoms with Crippen LogP contribution >= 0.6 is 0 Å². The van der Waals surface area contributed by atoms with E-state index in [1.165, 1.54) is 24.8 Å². The number of fused-ring (bicyclic) bond motifs is 1. The molecule has 1 aliphatic heterocycles. The number of likely N-dealkylation sites (tertiary alicyclic amines) is 1. The van der Waals surface area contributed by atoms with Gasteiger partial charge < -0.3 is 9.64 Å². The Bertz CT molecular complexity index is 702. The maximum atomic E-state index is 12.6. The minimum absolute atomic E-state index is 0.274. The van der Waals surface area contributed by atoms with Gasteiger partial charge in [0.2, 0.25) is 0 Å². The lowest BCUT2D eigenvalue weighted by Crippen LogP contribution is -2.33. The molecule has 0 amide bonds. The fraction of sp³-hybridized carbons (Fsp3) is 0.550. The van der Waals surface area contributed by atoms with Crippen molar-refractivity contribution in [2.24, 2.45) is 0 Å². The molecule has 1 saturated heterocycles. The predicted octanol–water partition coefficient (Wildman–Crippen LogP) is 3.22. The van der Waals surface area contributed by atoms with Gasteiger partial charge in [0.1, 0.15) is 6.61 Å². The number of likely N-dealkylation sites (N-methyl/N-ethyl adjacent to an activating group) is 1. The van der Waals surface area contributed by atoms with Crippen molar-refractivity contribution in [2.75, 3.05) is 46.9 Å². The summed E-state index contributed by atoms with van der Waals surface area (Å²) in [7, 11) is 4.13. The molecule has 1 aromatic heterocycles. The van der Waals surface area contributed by atoms with Crippen LogP contribution in [0.2, 0.25) is 0 Å². The van der Waals surface area contributed by atoms with Crippen molar-refractivity contribution >= 4 is 17.0 Å². The number of aromatic nitrogens is 1. The van der Waals surface area contributed by atoms with Crippen LogP contribution < -0.4 is 0 Å². The van der Waals surface area contributed by atoms with Crippen LogP contribution in [0, 0.1) is 0 Å². The molecule has 0 aliphatic carbocycles. The summed E-state index contributed by atoms with van der Waals surface area (Å²) in [6.07, 6.45) is 6.42. The molecule has 0 N–H and O–H groups in total. The fourth-order valence-electron chi connectivity index (χ4n) is 3.46. The first-order valence-corrected chi connectivity index (χ1v) is 9.28. The Morgan fingerprint density at radius 1 is 1.16 bits per heavy atom. The lowest BCUT2D eigenvalue weighted by Gasteiger charge is -2.25. The van der Waals surface area contributed by atoms with Crippen molar-refractivity contribution in [3.8, 4) is 0 Å². The standard InChI is InChI=1S/C20H29N3O2/c1-21(2)13-10-17-16-23(19-9-5-4-8-18(17)19)20(24)25-15-14-22-11-6-3-7-12-22/h4-5,8-9,16H,3,6-7,10-15H2,1-2H3. The number of ether oxygens (including phenoxy) is 1. The van der Waals surface area contributed by atoms with Crippen LogP contribution in [0.4, 0.5) is 4.79 Å². The normalized spacial score (nSPS) is 15.8. The maximum absolute atomic E-state index is 12.6. The van der Waals surface area contributed by atoms with Gasteiger partial charge in [0, 0.05) is 24.7 Å². The van der Waals surface area contributed by atoms with Crippen LogP contribution in [0.15, 0.2) is 30.5 Å². The molecule has 1 aliphatic rings. The molecule has 1 aromatic carbocycles. The van der Waals surface area contributed by atoms with Gasteiger partial charge in [0.15, 0.2) is 0 Å². The summed E-state index contributed by atoms with van der Waals surface area (Å²) in [5, 5.41) is 1.14. The average Bonchev–Trinajstić information content (AvgIpc) is 3.00. The van der Waals surface area contributed by atoms with Crippen molar-refractivity contribution in [1.29, 1.82) is 0 Å². The number of carbonyl (C=O) groups is 1. The average molecular weight is 343 g/mol. The van der Waals surface area contributed by atoms with Gasteiger partial charge in [0.25, 0.3) is 0 Å². The van der Waals surface area contributed by atoms with Crippen molar-refractivity contribution < 1.29 is 9.53 Å². The second kappa shape index (κ2) is 8.50. The van der Waals surface area contributed by atoms with Gasteiger partial charge in [-0.05, 0) is 58.1 Å². The molecule has 5 nitrogen and oxygen atoms in total. The van der Waals surface area contributed by atoms with Crippen LogP contribution in [-0.4, -0.2) is 67.3 Å². The summed E-state index contributed by atoms with van der Waals surface area (Å²) in [6.45, 7) is 4.49. The molecular weight excluding hydrogens is 314 g/mol. The molecule has 0 spiro atoms. The minimum Gasteiger partial charge on any atom is -0.448 e. The van der Waals surface area contributed by atoms with Crippen LogP contribution in [-0.2, 0) is 11.2 Å². The first kappa shape index (κ1) is 18.0. The molecule has 0 saturated carbocycles. The highest BCUT2D eigenvalue weighted by molar-refractivity contribution is 5.91. The highest BCUT2D eigenvalue weighted by Gasteiger charge is 2.15. The lowest BCUT2D eigenvalue weighted by molar-refractivity contribution is 0.122. The van der Waals surface area contributed by atoms with E-state index in [2.05, 4.69) is 30.0 Å². The van der Waals surface area contributed by atoms with E-state index in [1.807, 2.05) is 24.4 Å². The molecule has 3 rings (SSSR count). The summed E-state index contributed by atoms with van der Waals surface area (Å²) in [6, 6.07) is 8.06. The summed E-state index contributed by atoms with van der Waals surface area (Å²) in [5.41, 5.74) is 2.12. The second-order valence-corrected chi connectivity index (χ2v) is 7.11. The highest BCUT2D eigenvalue weighted by atomic mass is 16.5. The summed E-state index contributed by atoms with van der Waals surface area (Å²) >= 11 is 0. The lowest BCUT2D eigenvalue weighted by atomic mass is 10.1. The molecule has 25 heavy (non-hydrogen) atoms. The smallest absolute Gasteiger partial charge is 0.418 e. The molecular formula is C20H29N3O2. The molecule has 0 bridgehead atoms. The zero-order valence-electron chi connectivity index (χ0n) is 15.4. The van der Waals surface area contributed by atoms with Gasteiger partial charge in [-0.2, -0.15) is 0 Å². The van der Waals surface area contributed by atoms with Crippen molar-refractivity contribution in [3.05, 3.63) is 36.0 Å². The van der Waals surface area contributed by atoms with Gasteiger partial charge in [0.05, 0.1) is 5.52 Å². The van der Waals surface area contributed by atoms with Crippen LogP contribution in [0.25, 0.3) is 10.9 Å². The zero-order chi connectivity index (χ0) is 17.6. The summed E-state index contributed by atoms with van der Waals surface area (Å²) in [4.78, 5) is 17.1. The van der Waals surface area contributed by atoms with E-state index >= 15 is 0 Å². The molecule has 2 aromatic rings. The van der Waals surface area contributed by atoms with Gasteiger partial charge in [-0.15, -0.1) is 0 Å². The summed E-state index contributed by atoms with van der Waals surface area (Å²) in [5.74, 6) is 0. The highest BCUT2D eigenvalue weighted by Crippen LogP contribution is 2.22. The number of benzene rings is 1. The number of piperidine rings is 1. The Labute approximate surface area is 150 Å². The third-order valence-electron chi connectivity index (χ3n) is 4.90. The molecule has 136 valence electrons. The molecule has 1 fully saturated rings. The van der Waals surface area contributed by atoms with E-state index < -0.39 is 0 Å². The van der Waals surface area contributed by atoms with Crippen LogP contribution in [0.1, 0.15) is 24.8 Å². The molecule has 2 heterocycles. The Balaban J connectivity index is 1.65. The molecule has 0 unspecified atom stereocenters. The second-order valence-electron chi connectivity index (χ2n) is 7.11. The van der Waals surface area contributed by atoms with E-state index in [0.29, 0.717) is 6.61 Å². The SMILES string of the molecule is CN(C)CCc1cn(C(=O)OCCN2CCCCC2)c2ccccc12. The third-order valence-corrected chi connectivity index (χ3v) is 4.90. The maximum Gasteiger partial charge on any atom is 0.418 e. The van der Waals surface area contributed by atoms with E-state index in [4.69, 9.17) is 4.74 Å². The first-order chi connectivity index (χ1) is 12.1. The minimum atomic E-state index is -0.274. The number of rotatable bonds is 6. The zero-order valence-corrected chi connectivity index (χ0v) is 15.4. The Hall–Kier alpha value is -1.85. The largest absolute Gasteiger partial charge is 0.448 e. The number of carbonyl (C=O) groups excluding carboxylic acids is 1. The van der Waals surface area contributed by atoms with E-state index in [9.17, 15) is 4.79 Å². The van der Waals surface area contributed by atoms with Crippen molar-refractivity contribution in [3.63, 3.8) is 0 Å². The van der Waals surface area contributed by atoms with Gasteiger partial charge >= 0.3 is 6.09 Å². The summed E-state index contributed by atoms with van der Waals surface area (Å²) < 4.78 is 7.21. The first-order valence-electron chi connectivity index (χ1n) is 9.28. The molecule has 5 heteroatoms. The number of hydrogen-bond acceptors (Lipinski definition) is 4. The predicted molar refractivity (Wildman–Crippen MR) is 101 cm³/mol.